The highest BCUT2D eigenvalue weighted by Gasteiger charge is 2.29. The molecular formula is C7H14NO3P. The van der Waals surface area contributed by atoms with Crippen molar-refractivity contribution in [2.75, 3.05) is 0 Å². The molecule has 0 radical (unpaired) electrons. The van der Waals surface area contributed by atoms with Crippen molar-refractivity contribution in [2.45, 2.75) is 39.3 Å². The summed E-state index contributed by atoms with van der Waals surface area (Å²) < 4.78 is 15.1. The van der Waals surface area contributed by atoms with E-state index in [1.807, 2.05) is 0 Å². The average molecular weight is 191 g/mol. The monoisotopic (exact) mass is 191 g/mol. The maximum absolute atomic E-state index is 11.2. The molecule has 0 saturated heterocycles. The highest BCUT2D eigenvalue weighted by molar-refractivity contribution is 7.21. The van der Waals surface area contributed by atoms with Gasteiger partial charge in [0.25, 0.3) is 0 Å². The van der Waals surface area contributed by atoms with Crippen LogP contribution in [0, 0.1) is 0 Å². The summed E-state index contributed by atoms with van der Waals surface area (Å²) in [5.41, 5.74) is -0.895. The average Bonchev–Trinajstić information content (AvgIpc) is 1.85. The molecule has 0 aromatic heterocycles. The summed E-state index contributed by atoms with van der Waals surface area (Å²) in [5.74, 6) is -0.402. The van der Waals surface area contributed by atoms with Crippen LogP contribution in [-0.4, -0.2) is 17.6 Å². The van der Waals surface area contributed by atoms with Gasteiger partial charge < -0.3 is 4.74 Å². The molecule has 70 valence electrons. The lowest BCUT2D eigenvalue weighted by Crippen LogP contribution is -2.44. The van der Waals surface area contributed by atoms with Crippen molar-refractivity contribution in [3.05, 3.63) is 0 Å². The van der Waals surface area contributed by atoms with Crippen LogP contribution < -0.4 is 5.09 Å². The Morgan fingerprint density at radius 2 is 2.00 bits per heavy atom. The quantitative estimate of drug-likeness (QED) is 0.540. The van der Waals surface area contributed by atoms with Crippen LogP contribution in [0.3, 0.4) is 0 Å². The molecule has 0 amide bonds. The maximum Gasteiger partial charge on any atom is 0.326 e. The van der Waals surface area contributed by atoms with Crippen LogP contribution in [0.1, 0.15) is 27.7 Å². The zero-order valence-electron chi connectivity index (χ0n) is 7.75. The lowest BCUT2D eigenvalue weighted by Gasteiger charge is -2.21. The second-order valence-electron chi connectivity index (χ2n) is 3.28. The van der Waals surface area contributed by atoms with Gasteiger partial charge in [-0.1, -0.05) is 0 Å². The Labute approximate surface area is 73.9 Å². The Kier molecular flexibility index (Phi) is 4.35. The maximum atomic E-state index is 11.2. The lowest BCUT2D eigenvalue weighted by molar-refractivity contribution is -0.153. The molecule has 0 atom stereocenters. The number of carbonyl (C=O) groups excluding carboxylic acids is 1. The molecule has 0 aliphatic rings. The number of rotatable bonds is 4. The SMILES string of the molecule is CC(C)OC(=O)C(C)(C)NP=O. The fraction of sp³-hybridized carbons (Fsp3) is 0.857. The number of hydrogen-bond acceptors (Lipinski definition) is 3. The van der Waals surface area contributed by atoms with Crippen LogP contribution in [0.15, 0.2) is 0 Å². The number of esters is 1. The number of hydrogen-bond donors (Lipinski definition) is 1. The molecule has 0 aliphatic heterocycles. The van der Waals surface area contributed by atoms with Gasteiger partial charge in [-0.2, -0.15) is 0 Å². The molecule has 4 nitrogen and oxygen atoms in total. The van der Waals surface area contributed by atoms with E-state index in [2.05, 4.69) is 5.09 Å². The molecule has 0 bridgehead atoms. The summed E-state index contributed by atoms with van der Waals surface area (Å²) in [5, 5.41) is 2.47. The second kappa shape index (κ2) is 4.53. The highest BCUT2D eigenvalue weighted by Crippen LogP contribution is 2.09. The standard InChI is InChI=1S/C7H14NO3P/c1-5(2)11-6(9)7(3,4)8-12-10/h5H,1-4H3,(H,8,10). The fourth-order valence-corrected chi connectivity index (χ4v) is 0.841. The summed E-state index contributed by atoms with van der Waals surface area (Å²) in [6, 6.07) is 0. The summed E-state index contributed by atoms with van der Waals surface area (Å²) in [6.07, 6.45) is -0.151. The molecule has 0 heterocycles. The minimum absolute atomic E-state index is 0.151. The van der Waals surface area contributed by atoms with Gasteiger partial charge in [-0.05, 0) is 27.7 Å². The van der Waals surface area contributed by atoms with E-state index in [1.54, 1.807) is 27.7 Å². The largest absolute Gasteiger partial charge is 0.462 e. The van der Waals surface area contributed by atoms with Gasteiger partial charge in [-0.3, -0.25) is 9.36 Å². The van der Waals surface area contributed by atoms with Crippen molar-refractivity contribution >= 4 is 14.6 Å². The van der Waals surface area contributed by atoms with Gasteiger partial charge in [0.1, 0.15) is 5.54 Å². The van der Waals surface area contributed by atoms with Crippen LogP contribution >= 0.6 is 8.61 Å². The van der Waals surface area contributed by atoms with E-state index >= 15 is 0 Å². The van der Waals surface area contributed by atoms with Crippen molar-refractivity contribution in [3.63, 3.8) is 0 Å². The van der Waals surface area contributed by atoms with Crippen LogP contribution in [0.4, 0.5) is 0 Å². The molecule has 0 spiro atoms. The topological polar surface area (TPSA) is 55.4 Å². The van der Waals surface area contributed by atoms with Crippen LogP contribution in [0.2, 0.25) is 0 Å². The molecule has 0 saturated carbocycles. The molecule has 0 aromatic rings. The van der Waals surface area contributed by atoms with Gasteiger partial charge in [0, 0.05) is 0 Å². The Morgan fingerprint density at radius 3 is 2.33 bits per heavy atom. The molecule has 0 rings (SSSR count). The van der Waals surface area contributed by atoms with Gasteiger partial charge in [0.2, 0.25) is 8.61 Å². The highest BCUT2D eigenvalue weighted by atomic mass is 31.1. The predicted octanol–water partition coefficient (Wildman–Crippen LogP) is 1.51. The second-order valence-corrected chi connectivity index (χ2v) is 3.69. The number of nitrogens with one attached hydrogen (secondary N) is 1. The number of carbonyl (C=O) groups is 1. The third-order valence-corrected chi connectivity index (χ3v) is 1.83. The normalized spacial score (nSPS) is 12.1. The van der Waals surface area contributed by atoms with Crippen molar-refractivity contribution in [1.82, 2.24) is 5.09 Å². The van der Waals surface area contributed by atoms with Crippen molar-refractivity contribution < 1.29 is 14.1 Å². The molecule has 1 N–H and O–H groups in total. The molecule has 5 heteroatoms. The van der Waals surface area contributed by atoms with E-state index in [4.69, 9.17) is 4.74 Å². The summed E-state index contributed by atoms with van der Waals surface area (Å²) in [4.78, 5) is 11.2. The first kappa shape index (κ1) is 11.5. The van der Waals surface area contributed by atoms with Gasteiger partial charge in [0.05, 0.1) is 6.10 Å². The van der Waals surface area contributed by atoms with Gasteiger partial charge in [-0.25, -0.2) is 5.09 Å². The molecule has 12 heavy (non-hydrogen) atoms. The third kappa shape index (κ3) is 3.79. The Hall–Kier alpha value is -0.470. The van der Waals surface area contributed by atoms with Gasteiger partial charge >= 0.3 is 5.97 Å². The third-order valence-electron chi connectivity index (χ3n) is 1.18. The minimum Gasteiger partial charge on any atom is -0.462 e. The first-order chi connectivity index (χ1) is 5.40. The molecule has 0 unspecified atom stereocenters. The van der Waals surface area contributed by atoms with E-state index in [0.717, 1.165) is 0 Å². The van der Waals surface area contributed by atoms with E-state index in [0.29, 0.717) is 0 Å². The smallest absolute Gasteiger partial charge is 0.326 e. The molecule has 0 fully saturated rings. The molecule has 0 aliphatic carbocycles. The zero-order chi connectivity index (χ0) is 9.78. The zero-order valence-corrected chi connectivity index (χ0v) is 8.64. The molecule has 0 aromatic carbocycles. The molecular weight excluding hydrogens is 177 g/mol. The Bertz CT molecular complexity index is 179. The summed E-state index contributed by atoms with van der Waals surface area (Å²) >= 11 is 0. The number of ether oxygens (including phenoxy) is 1. The lowest BCUT2D eigenvalue weighted by atomic mass is 10.1. The van der Waals surface area contributed by atoms with Crippen LogP contribution in [0.5, 0.6) is 0 Å². The summed E-state index contributed by atoms with van der Waals surface area (Å²) in [6.45, 7) is 6.76. The predicted molar refractivity (Wildman–Crippen MR) is 46.0 cm³/mol. The van der Waals surface area contributed by atoms with Gasteiger partial charge in [-0.15, -0.1) is 0 Å². The Morgan fingerprint density at radius 1 is 1.50 bits per heavy atom. The van der Waals surface area contributed by atoms with E-state index in [9.17, 15) is 9.36 Å². The minimum atomic E-state index is -0.895. The van der Waals surface area contributed by atoms with E-state index in [-0.39, 0.29) is 14.7 Å². The van der Waals surface area contributed by atoms with Crippen LogP contribution in [-0.2, 0) is 14.1 Å². The summed E-state index contributed by atoms with van der Waals surface area (Å²) in [7, 11) is -0.270. The van der Waals surface area contributed by atoms with Gasteiger partial charge in [0.15, 0.2) is 0 Å². The van der Waals surface area contributed by atoms with Crippen molar-refractivity contribution in [1.29, 1.82) is 0 Å². The first-order valence-corrected chi connectivity index (χ1v) is 4.52. The van der Waals surface area contributed by atoms with Crippen LogP contribution in [0.25, 0.3) is 0 Å². The van der Waals surface area contributed by atoms with Crippen molar-refractivity contribution in [3.8, 4) is 0 Å². The van der Waals surface area contributed by atoms with E-state index in [1.165, 1.54) is 0 Å². The Balaban J connectivity index is 4.14. The van der Waals surface area contributed by atoms with Crippen molar-refractivity contribution in [2.24, 2.45) is 0 Å². The first-order valence-electron chi connectivity index (χ1n) is 3.70. The van der Waals surface area contributed by atoms with E-state index < -0.39 is 11.5 Å². The fourth-order valence-electron chi connectivity index (χ4n) is 0.521.